The van der Waals surface area contributed by atoms with Crippen LogP contribution in [0, 0.1) is 6.92 Å². The van der Waals surface area contributed by atoms with Crippen LogP contribution in [0.3, 0.4) is 0 Å². The zero-order valence-electron chi connectivity index (χ0n) is 20.3. The molecule has 0 bridgehead atoms. The van der Waals surface area contributed by atoms with E-state index < -0.39 is 0 Å². The van der Waals surface area contributed by atoms with E-state index in [9.17, 15) is 0 Å². The second-order valence-electron chi connectivity index (χ2n) is 8.31. The fraction of sp³-hybridized carbons (Fsp3) is 0.500. The van der Waals surface area contributed by atoms with Crippen LogP contribution in [-0.4, -0.2) is 53.0 Å². The van der Waals surface area contributed by atoms with E-state index in [0.29, 0.717) is 6.54 Å². The number of aliphatic imine (C=N–C) groups is 1. The predicted octanol–water partition coefficient (Wildman–Crippen LogP) is 4.48. The van der Waals surface area contributed by atoms with Gasteiger partial charge in [0.05, 0.1) is 20.8 Å². The lowest BCUT2D eigenvalue weighted by atomic mass is 9.74. The molecule has 1 aliphatic rings. The molecule has 3 rings (SSSR count). The first-order valence-electron chi connectivity index (χ1n) is 11.5. The van der Waals surface area contributed by atoms with Crippen molar-refractivity contribution in [3.8, 4) is 11.5 Å². The molecular formula is C26H38IN3O3. The van der Waals surface area contributed by atoms with Crippen LogP contribution in [0.4, 0.5) is 0 Å². The number of halogens is 1. The summed E-state index contributed by atoms with van der Waals surface area (Å²) in [4.78, 5) is 5.00. The molecule has 0 radical (unpaired) electrons. The Bertz CT molecular complexity index is 881. The Labute approximate surface area is 215 Å². The highest BCUT2D eigenvalue weighted by atomic mass is 127. The number of nitrogens with one attached hydrogen (secondary N) is 2. The summed E-state index contributed by atoms with van der Waals surface area (Å²) in [5, 5.41) is 6.89. The highest BCUT2D eigenvalue weighted by Crippen LogP contribution is 2.36. The van der Waals surface area contributed by atoms with Gasteiger partial charge in [-0.3, -0.25) is 4.99 Å². The molecule has 0 saturated carbocycles. The van der Waals surface area contributed by atoms with E-state index in [4.69, 9.17) is 19.2 Å². The lowest BCUT2D eigenvalue weighted by Crippen LogP contribution is -2.41. The summed E-state index contributed by atoms with van der Waals surface area (Å²) < 4.78 is 16.5. The Kier molecular flexibility index (Phi) is 11.3. The SMILES string of the molecule is CCNC(=NCC1(c2ccc(OC)cc2)CCOCC1)NCCc1cc(C)ccc1OC.I. The summed E-state index contributed by atoms with van der Waals surface area (Å²) in [6, 6.07) is 14.7. The average molecular weight is 568 g/mol. The van der Waals surface area contributed by atoms with E-state index in [-0.39, 0.29) is 29.4 Å². The van der Waals surface area contributed by atoms with Crippen molar-refractivity contribution < 1.29 is 14.2 Å². The molecule has 1 heterocycles. The van der Waals surface area contributed by atoms with Gasteiger partial charge in [-0.05, 0) is 62.4 Å². The van der Waals surface area contributed by atoms with Crippen molar-refractivity contribution in [2.45, 2.75) is 38.5 Å². The number of rotatable bonds is 9. The molecular weight excluding hydrogens is 529 g/mol. The summed E-state index contributed by atoms with van der Waals surface area (Å²) in [6.07, 6.45) is 2.79. The number of nitrogens with zero attached hydrogens (tertiary/aromatic N) is 1. The van der Waals surface area contributed by atoms with E-state index in [1.54, 1.807) is 14.2 Å². The molecule has 0 aromatic heterocycles. The second kappa shape index (κ2) is 13.6. The van der Waals surface area contributed by atoms with Gasteiger partial charge in [0.15, 0.2) is 5.96 Å². The number of ether oxygens (including phenoxy) is 3. The molecule has 1 saturated heterocycles. The maximum absolute atomic E-state index is 5.67. The minimum Gasteiger partial charge on any atom is -0.497 e. The molecule has 6 nitrogen and oxygen atoms in total. The van der Waals surface area contributed by atoms with Gasteiger partial charge in [0.25, 0.3) is 0 Å². The Balaban J connectivity index is 0.00000385. The Morgan fingerprint density at radius 2 is 1.76 bits per heavy atom. The molecule has 2 aromatic rings. The largest absolute Gasteiger partial charge is 0.497 e. The zero-order chi connectivity index (χ0) is 22.8. The fourth-order valence-electron chi connectivity index (χ4n) is 4.24. The standard InChI is InChI=1S/C26H37N3O3.HI/c1-5-27-25(28-15-12-21-18-20(2)6-11-24(21)31-4)29-19-26(13-16-32-17-14-26)22-7-9-23(30-3)10-8-22;/h6-11,18H,5,12-17,19H2,1-4H3,(H2,27,28,29);1H. The molecule has 0 aliphatic carbocycles. The van der Waals surface area contributed by atoms with Gasteiger partial charge in [-0.1, -0.05) is 29.8 Å². The minimum absolute atomic E-state index is 0. The summed E-state index contributed by atoms with van der Waals surface area (Å²) in [5.74, 6) is 2.65. The molecule has 0 atom stereocenters. The third-order valence-corrected chi connectivity index (χ3v) is 6.16. The predicted molar refractivity (Wildman–Crippen MR) is 146 cm³/mol. The first-order chi connectivity index (χ1) is 15.6. The molecule has 1 aliphatic heterocycles. The molecule has 0 spiro atoms. The summed E-state index contributed by atoms with van der Waals surface area (Å²) in [7, 11) is 3.42. The molecule has 0 unspecified atom stereocenters. The minimum atomic E-state index is -0.0212. The fourth-order valence-corrected chi connectivity index (χ4v) is 4.24. The van der Waals surface area contributed by atoms with Crippen molar-refractivity contribution in [2.24, 2.45) is 4.99 Å². The van der Waals surface area contributed by atoms with Gasteiger partial charge in [-0.25, -0.2) is 0 Å². The van der Waals surface area contributed by atoms with Gasteiger partial charge in [0, 0.05) is 31.7 Å². The molecule has 2 N–H and O–H groups in total. The maximum atomic E-state index is 5.67. The van der Waals surface area contributed by atoms with Gasteiger partial charge in [-0.2, -0.15) is 0 Å². The number of hydrogen-bond donors (Lipinski definition) is 2. The van der Waals surface area contributed by atoms with Crippen LogP contribution in [0.25, 0.3) is 0 Å². The number of aryl methyl sites for hydroxylation is 1. The lowest BCUT2D eigenvalue weighted by Gasteiger charge is -2.36. The first-order valence-corrected chi connectivity index (χ1v) is 11.5. The number of hydrogen-bond acceptors (Lipinski definition) is 4. The van der Waals surface area contributed by atoms with Crippen LogP contribution in [0.2, 0.25) is 0 Å². The van der Waals surface area contributed by atoms with Crippen molar-refractivity contribution in [3.05, 3.63) is 59.2 Å². The monoisotopic (exact) mass is 567 g/mol. The third kappa shape index (κ3) is 7.50. The maximum Gasteiger partial charge on any atom is 0.191 e. The topological polar surface area (TPSA) is 64.1 Å². The number of guanidine groups is 1. The van der Waals surface area contributed by atoms with Gasteiger partial charge in [0.1, 0.15) is 11.5 Å². The van der Waals surface area contributed by atoms with Gasteiger partial charge >= 0.3 is 0 Å². The molecule has 1 fully saturated rings. The third-order valence-electron chi connectivity index (χ3n) is 6.16. The van der Waals surface area contributed by atoms with E-state index >= 15 is 0 Å². The van der Waals surface area contributed by atoms with Crippen LogP contribution in [-0.2, 0) is 16.6 Å². The molecule has 0 amide bonds. The Morgan fingerprint density at radius 3 is 2.39 bits per heavy atom. The molecule has 7 heteroatoms. The van der Waals surface area contributed by atoms with Crippen LogP contribution >= 0.6 is 24.0 Å². The average Bonchev–Trinajstić information content (AvgIpc) is 2.83. The second-order valence-corrected chi connectivity index (χ2v) is 8.31. The number of benzene rings is 2. The Morgan fingerprint density at radius 1 is 1.03 bits per heavy atom. The summed E-state index contributed by atoms with van der Waals surface area (Å²) >= 11 is 0. The number of methoxy groups -OCH3 is 2. The molecule has 182 valence electrons. The van der Waals surface area contributed by atoms with Crippen molar-refractivity contribution in [1.29, 1.82) is 0 Å². The highest BCUT2D eigenvalue weighted by Gasteiger charge is 2.34. The first kappa shape index (κ1) is 27.2. The van der Waals surface area contributed by atoms with Crippen LogP contribution in [0.15, 0.2) is 47.5 Å². The smallest absolute Gasteiger partial charge is 0.191 e. The van der Waals surface area contributed by atoms with Crippen molar-refractivity contribution in [3.63, 3.8) is 0 Å². The van der Waals surface area contributed by atoms with E-state index in [1.807, 2.05) is 18.2 Å². The van der Waals surface area contributed by atoms with Crippen LogP contribution in [0.5, 0.6) is 11.5 Å². The zero-order valence-corrected chi connectivity index (χ0v) is 22.6. The molecule has 33 heavy (non-hydrogen) atoms. The van der Waals surface area contributed by atoms with Gasteiger partial charge in [0.2, 0.25) is 0 Å². The van der Waals surface area contributed by atoms with Crippen molar-refractivity contribution in [2.75, 3.05) is 47.1 Å². The van der Waals surface area contributed by atoms with Crippen LogP contribution in [0.1, 0.15) is 36.5 Å². The Hall–Kier alpha value is -2.00. The molecule has 2 aromatic carbocycles. The van der Waals surface area contributed by atoms with E-state index in [2.05, 4.69) is 48.7 Å². The lowest BCUT2D eigenvalue weighted by molar-refractivity contribution is 0.0531. The van der Waals surface area contributed by atoms with E-state index in [0.717, 1.165) is 63.0 Å². The summed E-state index contributed by atoms with van der Waals surface area (Å²) in [5.41, 5.74) is 3.72. The van der Waals surface area contributed by atoms with Crippen molar-refractivity contribution >= 4 is 29.9 Å². The van der Waals surface area contributed by atoms with E-state index in [1.165, 1.54) is 16.7 Å². The summed E-state index contributed by atoms with van der Waals surface area (Å²) in [6.45, 7) is 8.04. The normalized spacial score (nSPS) is 15.3. The van der Waals surface area contributed by atoms with Gasteiger partial charge in [-0.15, -0.1) is 24.0 Å². The van der Waals surface area contributed by atoms with Crippen molar-refractivity contribution in [1.82, 2.24) is 10.6 Å². The van der Waals surface area contributed by atoms with Gasteiger partial charge < -0.3 is 24.8 Å². The quantitative estimate of drug-likeness (QED) is 0.266. The van der Waals surface area contributed by atoms with Crippen LogP contribution < -0.4 is 20.1 Å². The highest BCUT2D eigenvalue weighted by molar-refractivity contribution is 14.0.